The van der Waals surface area contributed by atoms with Gasteiger partial charge in [0, 0.05) is 31.6 Å². The summed E-state index contributed by atoms with van der Waals surface area (Å²) in [6.07, 6.45) is 7.13. The molecule has 6 heteroatoms. The maximum atomic E-state index is 12.5. The number of hydrogen-bond acceptors (Lipinski definition) is 5. The molecule has 136 valence electrons. The summed E-state index contributed by atoms with van der Waals surface area (Å²) < 4.78 is 5.45. The van der Waals surface area contributed by atoms with E-state index in [9.17, 15) is 4.79 Å². The number of fused-ring (bicyclic) bond motifs is 1. The Hall–Kier alpha value is -2.47. The molecule has 1 atom stereocenters. The Bertz CT molecular complexity index is 783. The number of hydrogen-bond donors (Lipinski definition) is 1. The number of carbonyl (C=O) groups excluding carboxylic acids is 1. The number of benzene rings is 1. The highest BCUT2D eigenvalue weighted by molar-refractivity contribution is 5.93. The van der Waals surface area contributed by atoms with Crippen molar-refractivity contribution in [3.63, 3.8) is 0 Å². The number of aromatic nitrogens is 2. The van der Waals surface area contributed by atoms with Gasteiger partial charge in [0.2, 0.25) is 5.95 Å². The second kappa shape index (κ2) is 7.41. The molecule has 1 saturated heterocycles. The Kier molecular flexibility index (Phi) is 4.84. The summed E-state index contributed by atoms with van der Waals surface area (Å²) in [6.45, 7) is 3.90. The number of nitrogens with zero attached hydrogens (tertiary/aromatic N) is 3. The molecule has 1 aromatic heterocycles. The van der Waals surface area contributed by atoms with Crippen molar-refractivity contribution < 1.29 is 9.53 Å². The Morgan fingerprint density at radius 2 is 2.00 bits per heavy atom. The maximum Gasteiger partial charge on any atom is 0.258 e. The van der Waals surface area contributed by atoms with Gasteiger partial charge in [0.25, 0.3) is 5.91 Å². The van der Waals surface area contributed by atoms with Gasteiger partial charge in [0.1, 0.15) is 6.73 Å². The van der Waals surface area contributed by atoms with Crippen LogP contribution in [0.5, 0.6) is 0 Å². The zero-order valence-electron chi connectivity index (χ0n) is 15.1. The second-order valence-corrected chi connectivity index (χ2v) is 7.13. The SMILES string of the molecule is Cc1ccc2c(c1)CC(Nc1ncc(C(=O)N3CCCCOC3)cn1)C2. The van der Waals surface area contributed by atoms with Crippen LogP contribution >= 0.6 is 0 Å². The Morgan fingerprint density at radius 3 is 2.85 bits per heavy atom. The average molecular weight is 352 g/mol. The first kappa shape index (κ1) is 17.0. The van der Waals surface area contributed by atoms with Crippen molar-refractivity contribution in [3.05, 3.63) is 52.8 Å². The summed E-state index contributed by atoms with van der Waals surface area (Å²) in [6, 6.07) is 6.92. The molecule has 0 saturated carbocycles. The van der Waals surface area contributed by atoms with Gasteiger partial charge >= 0.3 is 0 Å². The molecule has 0 bridgehead atoms. The van der Waals surface area contributed by atoms with Gasteiger partial charge in [-0.3, -0.25) is 4.79 Å². The van der Waals surface area contributed by atoms with Gasteiger partial charge in [-0.05, 0) is 43.7 Å². The van der Waals surface area contributed by atoms with Crippen LogP contribution in [0, 0.1) is 6.92 Å². The second-order valence-electron chi connectivity index (χ2n) is 7.13. The van der Waals surface area contributed by atoms with Crippen LogP contribution in [-0.4, -0.2) is 46.7 Å². The van der Waals surface area contributed by atoms with Crippen LogP contribution in [0.4, 0.5) is 5.95 Å². The minimum absolute atomic E-state index is 0.0674. The lowest BCUT2D eigenvalue weighted by Gasteiger charge is -2.19. The average Bonchev–Trinajstić information content (AvgIpc) is 2.85. The molecule has 1 aliphatic heterocycles. The molecule has 2 heterocycles. The van der Waals surface area contributed by atoms with Crippen molar-refractivity contribution in [2.24, 2.45) is 0 Å². The number of ether oxygens (including phenoxy) is 1. The van der Waals surface area contributed by atoms with Gasteiger partial charge in [-0.2, -0.15) is 0 Å². The first-order valence-corrected chi connectivity index (χ1v) is 9.23. The first-order chi connectivity index (χ1) is 12.7. The van der Waals surface area contributed by atoms with Crippen molar-refractivity contribution in [2.45, 2.75) is 38.6 Å². The summed E-state index contributed by atoms with van der Waals surface area (Å²) in [4.78, 5) is 23.0. The van der Waals surface area contributed by atoms with Crippen LogP contribution in [0.2, 0.25) is 0 Å². The van der Waals surface area contributed by atoms with Gasteiger partial charge < -0.3 is 15.0 Å². The minimum atomic E-state index is -0.0674. The summed E-state index contributed by atoms with van der Waals surface area (Å²) in [7, 11) is 0. The van der Waals surface area contributed by atoms with Crippen LogP contribution < -0.4 is 5.32 Å². The molecule has 26 heavy (non-hydrogen) atoms. The Balaban J connectivity index is 1.38. The molecule has 1 amide bonds. The van der Waals surface area contributed by atoms with E-state index in [-0.39, 0.29) is 5.91 Å². The number of carbonyl (C=O) groups is 1. The van der Waals surface area contributed by atoms with E-state index < -0.39 is 0 Å². The monoisotopic (exact) mass is 352 g/mol. The van der Waals surface area contributed by atoms with Crippen molar-refractivity contribution >= 4 is 11.9 Å². The quantitative estimate of drug-likeness (QED) is 0.920. The van der Waals surface area contributed by atoms with Gasteiger partial charge in [-0.15, -0.1) is 0 Å². The lowest BCUT2D eigenvalue weighted by molar-refractivity contribution is 0.0368. The van der Waals surface area contributed by atoms with Crippen LogP contribution in [0.3, 0.4) is 0 Å². The van der Waals surface area contributed by atoms with Crippen LogP contribution in [0.25, 0.3) is 0 Å². The Labute approximate surface area is 153 Å². The lowest BCUT2D eigenvalue weighted by Crippen LogP contribution is -2.33. The fourth-order valence-electron chi connectivity index (χ4n) is 3.63. The summed E-state index contributed by atoms with van der Waals surface area (Å²) in [5, 5.41) is 3.39. The predicted molar refractivity (Wildman–Crippen MR) is 99.1 cm³/mol. The highest BCUT2D eigenvalue weighted by Gasteiger charge is 2.22. The molecule has 1 N–H and O–H groups in total. The van der Waals surface area contributed by atoms with Crippen LogP contribution in [0.1, 0.15) is 39.9 Å². The lowest BCUT2D eigenvalue weighted by atomic mass is 10.1. The van der Waals surface area contributed by atoms with E-state index in [0.29, 0.717) is 30.9 Å². The highest BCUT2D eigenvalue weighted by Crippen LogP contribution is 2.24. The third kappa shape index (κ3) is 3.70. The number of anilines is 1. The van der Waals surface area contributed by atoms with E-state index in [1.54, 1.807) is 17.3 Å². The smallest absolute Gasteiger partial charge is 0.258 e. The normalized spacial score (nSPS) is 19.7. The predicted octanol–water partition coefficient (Wildman–Crippen LogP) is 2.57. The molecule has 2 aromatic rings. The summed E-state index contributed by atoms with van der Waals surface area (Å²) in [5.41, 5.74) is 4.59. The molecule has 1 aliphatic carbocycles. The molecular formula is C20H24N4O2. The van der Waals surface area contributed by atoms with Crippen molar-refractivity contribution in [2.75, 3.05) is 25.2 Å². The number of rotatable bonds is 3. The van der Waals surface area contributed by atoms with Gasteiger partial charge in [0.15, 0.2) is 0 Å². The summed E-state index contributed by atoms with van der Waals surface area (Å²) in [5.74, 6) is 0.505. The van der Waals surface area contributed by atoms with Gasteiger partial charge in [-0.1, -0.05) is 23.8 Å². The fourth-order valence-corrected chi connectivity index (χ4v) is 3.63. The fraction of sp³-hybridized carbons (Fsp3) is 0.450. The third-order valence-corrected chi connectivity index (χ3v) is 5.03. The Morgan fingerprint density at radius 1 is 1.19 bits per heavy atom. The van der Waals surface area contributed by atoms with E-state index in [2.05, 4.69) is 40.4 Å². The van der Waals surface area contributed by atoms with Crippen LogP contribution in [-0.2, 0) is 17.6 Å². The summed E-state index contributed by atoms with van der Waals surface area (Å²) >= 11 is 0. The zero-order valence-corrected chi connectivity index (χ0v) is 15.1. The molecule has 0 spiro atoms. The maximum absolute atomic E-state index is 12.5. The largest absolute Gasteiger partial charge is 0.361 e. The molecule has 1 fully saturated rings. The van der Waals surface area contributed by atoms with E-state index in [4.69, 9.17) is 4.74 Å². The molecule has 1 aromatic carbocycles. The first-order valence-electron chi connectivity index (χ1n) is 9.23. The molecule has 0 radical (unpaired) electrons. The van der Waals surface area contributed by atoms with Crippen molar-refractivity contribution in [1.29, 1.82) is 0 Å². The van der Waals surface area contributed by atoms with Crippen molar-refractivity contribution in [1.82, 2.24) is 14.9 Å². The van der Waals surface area contributed by atoms with E-state index in [1.807, 2.05) is 0 Å². The van der Waals surface area contributed by atoms with E-state index in [1.165, 1.54) is 16.7 Å². The molecule has 1 unspecified atom stereocenters. The highest BCUT2D eigenvalue weighted by atomic mass is 16.5. The topological polar surface area (TPSA) is 67.4 Å². The van der Waals surface area contributed by atoms with Gasteiger partial charge in [0.05, 0.1) is 5.56 Å². The molecule has 4 rings (SSSR count). The van der Waals surface area contributed by atoms with Crippen molar-refractivity contribution in [3.8, 4) is 0 Å². The molecule has 6 nitrogen and oxygen atoms in total. The van der Waals surface area contributed by atoms with E-state index in [0.717, 1.165) is 32.2 Å². The zero-order chi connectivity index (χ0) is 17.9. The minimum Gasteiger partial charge on any atom is -0.361 e. The third-order valence-electron chi connectivity index (χ3n) is 5.03. The number of aryl methyl sites for hydroxylation is 1. The standard InChI is InChI=1S/C20H24N4O2/c1-14-4-5-15-9-18(10-16(15)8-14)23-20-21-11-17(12-22-20)19(25)24-6-2-3-7-26-13-24/h4-5,8,11-12,18H,2-3,6-7,9-10,13H2,1H3,(H,21,22,23). The molecule has 2 aliphatic rings. The molecular weight excluding hydrogens is 328 g/mol. The van der Waals surface area contributed by atoms with Gasteiger partial charge in [-0.25, -0.2) is 9.97 Å². The number of nitrogens with one attached hydrogen (secondary N) is 1. The van der Waals surface area contributed by atoms with E-state index >= 15 is 0 Å². The number of amides is 1. The van der Waals surface area contributed by atoms with Crippen LogP contribution in [0.15, 0.2) is 30.6 Å².